The van der Waals surface area contributed by atoms with E-state index in [-0.39, 0.29) is 17.1 Å². The number of halogens is 3. The number of aromatic nitrogens is 1. The second-order valence-corrected chi connectivity index (χ2v) is 11.3. The van der Waals surface area contributed by atoms with E-state index in [1.807, 2.05) is 0 Å². The van der Waals surface area contributed by atoms with Gasteiger partial charge >= 0.3 is 6.18 Å². The van der Waals surface area contributed by atoms with Crippen molar-refractivity contribution in [2.45, 2.75) is 82.3 Å². The van der Waals surface area contributed by atoms with E-state index in [1.54, 1.807) is 0 Å². The van der Waals surface area contributed by atoms with E-state index < -0.39 is 29.5 Å². The zero-order valence-corrected chi connectivity index (χ0v) is 20.9. The molecule has 2 spiro atoms. The van der Waals surface area contributed by atoms with E-state index in [4.69, 9.17) is 19.2 Å². The lowest BCUT2D eigenvalue weighted by molar-refractivity contribution is -0.139. The van der Waals surface area contributed by atoms with Crippen LogP contribution in [0, 0.1) is 5.41 Å². The number of alkyl halides is 3. The Morgan fingerprint density at radius 2 is 1.83 bits per heavy atom. The van der Waals surface area contributed by atoms with Gasteiger partial charge in [0.15, 0.2) is 0 Å². The Balaban J connectivity index is 1.58. The van der Waals surface area contributed by atoms with Crippen LogP contribution in [-0.4, -0.2) is 30.4 Å². The molecule has 1 saturated heterocycles. The number of benzene rings is 1. The summed E-state index contributed by atoms with van der Waals surface area (Å²) in [6, 6.07) is 3.99. The maximum atomic E-state index is 13.6. The van der Waals surface area contributed by atoms with E-state index in [9.17, 15) is 18.3 Å². The summed E-state index contributed by atoms with van der Waals surface area (Å²) >= 11 is 0. The van der Waals surface area contributed by atoms with Crippen LogP contribution in [0.3, 0.4) is 0 Å². The summed E-state index contributed by atoms with van der Waals surface area (Å²) in [5.74, 6) is -0.151. The van der Waals surface area contributed by atoms with Crippen LogP contribution in [0.25, 0.3) is 0 Å². The number of rotatable bonds is 3. The minimum absolute atomic E-state index is 0.0794. The molecule has 36 heavy (non-hydrogen) atoms. The van der Waals surface area contributed by atoms with Gasteiger partial charge in [0, 0.05) is 48.6 Å². The molecule has 8 heteroatoms. The molecular weight excluding hydrogens is 471 g/mol. The van der Waals surface area contributed by atoms with Crippen molar-refractivity contribution < 1.29 is 32.5 Å². The third-order valence-electron chi connectivity index (χ3n) is 8.58. The van der Waals surface area contributed by atoms with Gasteiger partial charge in [-0.3, -0.25) is 4.98 Å². The van der Waals surface area contributed by atoms with Crippen LogP contribution in [0.5, 0.6) is 5.75 Å². The summed E-state index contributed by atoms with van der Waals surface area (Å²) in [6.07, 6.45) is -0.687. The van der Waals surface area contributed by atoms with Gasteiger partial charge in [-0.25, -0.2) is 0 Å². The average Bonchev–Trinajstić information content (AvgIpc) is 3.50. The number of pyridine rings is 1. The lowest BCUT2D eigenvalue weighted by atomic mass is 9.73. The monoisotopic (exact) mass is 503 g/mol. The molecule has 6 rings (SSSR count). The number of hydrogen-bond acceptors (Lipinski definition) is 5. The topological polar surface area (TPSA) is 60.8 Å². The second-order valence-electron chi connectivity index (χ2n) is 11.3. The van der Waals surface area contributed by atoms with Crippen LogP contribution in [0.15, 0.2) is 18.2 Å². The molecule has 2 aliphatic heterocycles. The second kappa shape index (κ2) is 8.17. The van der Waals surface area contributed by atoms with Gasteiger partial charge in [0.2, 0.25) is 0 Å². The predicted octanol–water partition coefficient (Wildman–Crippen LogP) is 6.12. The molecule has 2 aromatic rings. The molecule has 194 valence electrons. The van der Waals surface area contributed by atoms with Crippen molar-refractivity contribution >= 4 is 0 Å². The van der Waals surface area contributed by atoms with Crippen molar-refractivity contribution in [2.75, 3.05) is 20.3 Å². The van der Waals surface area contributed by atoms with Crippen LogP contribution in [-0.2, 0) is 27.7 Å². The Hall–Kier alpha value is -2.16. The van der Waals surface area contributed by atoms with Crippen molar-refractivity contribution in [3.63, 3.8) is 0 Å². The number of nitrogens with zero attached hydrogens (tertiary/aromatic N) is 1. The molecule has 1 N–H and O–H groups in total. The molecule has 2 atom stereocenters. The summed E-state index contributed by atoms with van der Waals surface area (Å²) in [6.45, 7) is 5.22. The van der Waals surface area contributed by atoms with Gasteiger partial charge in [-0.2, -0.15) is 13.2 Å². The molecule has 3 heterocycles. The number of aliphatic hydroxyl groups excluding tert-OH is 1. The predicted molar refractivity (Wildman–Crippen MR) is 126 cm³/mol. The highest BCUT2D eigenvalue weighted by Gasteiger charge is 2.55. The molecule has 5 nitrogen and oxygen atoms in total. The Morgan fingerprint density at radius 3 is 2.44 bits per heavy atom. The first-order chi connectivity index (χ1) is 17.1. The van der Waals surface area contributed by atoms with Gasteiger partial charge in [-0.15, -0.1) is 0 Å². The van der Waals surface area contributed by atoms with Crippen molar-refractivity contribution in [2.24, 2.45) is 5.41 Å². The first kappa shape index (κ1) is 24.2. The maximum absolute atomic E-state index is 13.6. The highest BCUT2D eigenvalue weighted by atomic mass is 19.4. The number of ether oxygens (including phenoxy) is 3. The van der Waals surface area contributed by atoms with Crippen molar-refractivity contribution in [1.29, 1.82) is 0 Å². The summed E-state index contributed by atoms with van der Waals surface area (Å²) in [5, 5.41) is 11.4. The van der Waals surface area contributed by atoms with Gasteiger partial charge in [-0.1, -0.05) is 19.9 Å². The molecule has 0 bridgehead atoms. The molecule has 4 aliphatic rings. The van der Waals surface area contributed by atoms with E-state index in [0.29, 0.717) is 31.6 Å². The normalized spacial score (nSPS) is 25.8. The Morgan fingerprint density at radius 1 is 1.11 bits per heavy atom. The third kappa shape index (κ3) is 3.67. The highest BCUT2D eigenvalue weighted by Crippen LogP contribution is 2.62. The number of fused-ring (bicyclic) bond motifs is 4. The molecule has 1 saturated carbocycles. The fourth-order valence-electron chi connectivity index (χ4n) is 6.62. The van der Waals surface area contributed by atoms with E-state index >= 15 is 0 Å². The molecule has 1 aromatic heterocycles. The van der Waals surface area contributed by atoms with Gasteiger partial charge < -0.3 is 19.3 Å². The van der Waals surface area contributed by atoms with E-state index in [1.165, 1.54) is 19.2 Å². The SMILES string of the molecule is COc1cc(C2OC3(CCOCC3)c3c4c(nc(C(C)C)c32)CC2(CC2)CC4O)ccc1C(F)(F)F. The van der Waals surface area contributed by atoms with E-state index in [2.05, 4.69) is 13.8 Å². The van der Waals surface area contributed by atoms with Crippen LogP contribution in [0.2, 0.25) is 0 Å². The lowest BCUT2D eigenvalue weighted by Gasteiger charge is -2.38. The third-order valence-corrected chi connectivity index (χ3v) is 8.58. The summed E-state index contributed by atoms with van der Waals surface area (Å²) in [5.41, 5.74) is 3.93. The quantitative estimate of drug-likeness (QED) is 0.547. The zero-order chi connectivity index (χ0) is 25.5. The first-order valence-electron chi connectivity index (χ1n) is 12.8. The standard InChI is InChI=1S/C28H32F3NO4/c1-15(2)24-22-23(21-18(32-24)13-26(6-7-26)14-19(21)33)27(8-10-35-11-9-27)36-25(22)16-4-5-17(28(29,30)31)20(12-16)34-3/h4-5,12,15,19,25,33H,6-11,13-14H2,1-3H3. The van der Waals surface area contributed by atoms with Crippen molar-refractivity contribution in [3.05, 3.63) is 57.4 Å². The number of methoxy groups -OCH3 is 1. The molecule has 1 aromatic carbocycles. The maximum Gasteiger partial charge on any atom is 0.419 e. The molecule has 2 aliphatic carbocycles. The largest absolute Gasteiger partial charge is 0.496 e. The molecule has 0 amide bonds. The summed E-state index contributed by atoms with van der Waals surface area (Å²) in [7, 11) is 1.25. The first-order valence-corrected chi connectivity index (χ1v) is 12.8. The van der Waals surface area contributed by atoms with Crippen LogP contribution < -0.4 is 4.74 Å². The Bertz CT molecular complexity index is 1200. The smallest absolute Gasteiger partial charge is 0.419 e. The van der Waals surface area contributed by atoms with Gasteiger partial charge in [0.25, 0.3) is 0 Å². The number of hydrogen-bond donors (Lipinski definition) is 1. The fourth-order valence-corrected chi connectivity index (χ4v) is 6.62. The van der Waals surface area contributed by atoms with E-state index in [0.717, 1.165) is 59.8 Å². The van der Waals surface area contributed by atoms with Gasteiger partial charge in [-0.05, 0) is 60.3 Å². The van der Waals surface area contributed by atoms with Crippen LogP contribution in [0.1, 0.15) is 103 Å². The van der Waals surface area contributed by atoms with Crippen molar-refractivity contribution in [1.82, 2.24) is 4.98 Å². The summed E-state index contributed by atoms with van der Waals surface area (Å²) in [4.78, 5) is 5.14. The van der Waals surface area contributed by atoms with Crippen LogP contribution >= 0.6 is 0 Å². The molecule has 2 unspecified atom stereocenters. The lowest BCUT2D eigenvalue weighted by Crippen LogP contribution is -2.36. The van der Waals surface area contributed by atoms with Gasteiger partial charge in [0.1, 0.15) is 11.9 Å². The fraction of sp³-hybridized carbons (Fsp3) is 0.607. The Labute approximate surface area is 209 Å². The van der Waals surface area contributed by atoms with Gasteiger partial charge in [0.05, 0.1) is 24.4 Å². The molecule has 0 radical (unpaired) electrons. The molecule has 2 fully saturated rings. The highest BCUT2D eigenvalue weighted by molar-refractivity contribution is 5.55. The summed E-state index contributed by atoms with van der Waals surface area (Å²) < 4.78 is 58.5. The average molecular weight is 504 g/mol. The van der Waals surface area contributed by atoms with Crippen LogP contribution in [0.4, 0.5) is 13.2 Å². The minimum atomic E-state index is -4.52. The minimum Gasteiger partial charge on any atom is -0.496 e. The Kier molecular flexibility index (Phi) is 5.49. The van der Waals surface area contributed by atoms with Crippen molar-refractivity contribution in [3.8, 4) is 5.75 Å². The molecular formula is C28H32F3NO4. The number of aliphatic hydroxyl groups is 1. The zero-order valence-electron chi connectivity index (χ0n) is 20.9.